The monoisotopic (exact) mass is 328 g/mol. The minimum Gasteiger partial charge on any atom is -0.243 e. The second kappa shape index (κ2) is 6.95. The lowest BCUT2D eigenvalue weighted by Crippen LogP contribution is -2.14. The zero-order chi connectivity index (χ0) is 16.2. The molecule has 0 spiro atoms. The second-order valence-electron chi connectivity index (χ2n) is 5.38. The molecular weight excluding hydrogens is 308 g/mol. The Labute approximate surface area is 140 Å². The van der Waals surface area contributed by atoms with E-state index < -0.39 is 0 Å². The molecular formula is C16H20N6S. The van der Waals surface area contributed by atoms with Crippen molar-refractivity contribution >= 4 is 11.8 Å². The summed E-state index contributed by atoms with van der Waals surface area (Å²) in [6.07, 6.45) is 6.21. The van der Waals surface area contributed by atoms with Crippen molar-refractivity contribution in [3.05, 3.63) is 54.1 Å². The third kappa shape index (κ3) is 3.29. The number of hydrogen-bond donors (Lipinski definition) is 0. The molecule has 2 aromatic heterocycles. The Morgan fingerprint density at radius 3 is 2.78 bits per heavy atom. The van der Waals surface area contributed by atoms with Gasteiger partial charge in [-0.1, -0.05) is 18.2 Å². The van der Waals surface area contributed by atoms with E-state index in [9.17, 15) is 0 Å². The predicted molar refractivity (Wildman–Crippen MR) is 92.0 cm³/mol. The van der Waals surface area contributed by atoms with Crippen molar-refractivity contribution in [2.75, 3.05) is 12.0 Å². The number of thioether (sulfide) groups is 1. The fourth-order valence-corrected chi connectivity index (χ4v) is 2.84. The van der Waals surface area contributed by atoms with Crippen LogP contribution in [0.15, 0.2) is 36.9 Å². The van der Waals surface area contributed by atoms with Crippen molar-refractivity contribution in [2.24, 2.45) is 0 Å². The molecule has 0 N–H and O–H groups in total. The molecule has 1 atom stereocenters. The maximum absolute atomic E-state index is 4.77. The summed E-state index contributed by atoms with van der Waals surface area (Å²) in [5.41, 5.74) is 2.22. The van der Waals surface area contributed by atoms with E-state index in [0.717, 1.165) is 29.5 Å². The van der Waals surface area contributed by atoms with Crippen LogP contribution in [0.4, 0.5) is 0 Å². The van der Waals surface area contributed by atoms with Crippen LogP contribution in [0.25, 0.3) is 5.69 Å². The van der Waals surface area contributed by atoms with E-state index in [2.05, 4.69) is 42.3 Å². The number of benzene rings is 1. The highest BCUT2D eigenvalue weighted by molar-refractivity contribution is 7.98. The van der Waals surface area contributed by atoms with Gasteiger partial charge >= 0.3 is 0 Å². The van der Waals surface area contributed by atoms with E-state index in [0.29, 0.717) is 0 Å². The molecule has 0 aliphatic rings. The Morgan fingerprint density at radius 1 is 1.26 bits per heavy atom. The summed E-state index contributed by atoms with van der Waals surface area (Å²) in [5, 5.41) is 8.98. The Morgan fingerprint density at radius 2 is 2.09 bits per heavy atom. The normalized spacial score (nSPS) is 12.5. The average Bonchev–Trinajstić information content (AvgIpc) is 3.22. The molecule has 120 valence electrons. The molecule has 23 heavy (non-hydrogen) atoms. The predicted octanol–water partition coefficient (Wildman–Crippen LogP) is 2.68. The lowest BCUT2D eigenvalue weighted by Gasteiger charge is -2.13. The Bertz CT molecular complexity index is 765. The summed E-state index contributed by atoms with van der Waals surface area (Å²) in [7, 11) is 0. The number of hydrogen-bond acceptors (Lipinski definition) is 5. The zero-order valence-electron chi connectivity index (χ0n) is 13.5. The molecule has 0 saturated heterocycles. The first-order valence-corrected chi connectivity index (χ1v) is 8.95. The highest BCUT2D eigenvalue weighted by atomic mass is 32.2. The first kappa shape index (κ1) is 15.7. The minimum absolute atomic E-state index is 0.0346. The Balaban J connectivity index is 2.06. The molecule has 0 fully saturated rings. The van der Waals surface area contributed by atoms with E-state index in [-0.39, 0.29) is 6.04 Å². The number of rotatable bonds is 6. The van der Waals surface area contributed by atoms with Gasteiger partial charge in [-0.3, -0.25) is 0 Å². The van der Waals surface area contributed by atoms with Crippen LogP contribution in [0, 0.1) is 6.92 Å². The van der Waals surface area contributed by atoms with E-state index >= 15 is 0 Å². The molecule has 1 aromatic carbocycles. The van der Waals surface area contributed by atoms with Gasteiger partial charge in [0, 0.05) is 12.2 Å². The molecule has 0 aliphatic carbocycles. The molecule has 0 aliphatic heterocycles. The van der Waals surface area contributed by atoms with Gasteiger partial charge in [0.05, 0.1) is 5.69 Å². The molecule has 0 bridgehead atoms. The fourth-order valence-electron chi connectivity index (χ4n) is 2.45. The highest BCUT2D eigenvalue weighted by Crippen LogP contribution is 2.21. The number of aryl methyl sites for hydroxylation is 2. The maximum Gasteiger partial charge on any atom is 0.157 e. The third-order valence-corrected chi connectivity index (χ3v) is 4.37. The topological polar surface area (TPSA) is 61.4 Å². The summed E-state index contributed by atoms with van der Waals surface area (Å²) in [6.45, 7) is 4.15. The molecule has 3 rings (SSSR count). The lowest BCUT2D eigenvalue weighted by molar-refractivity contribution is 0.521. The summed E-state index contributed by atoms with van der Waals surface area (Å²) >= 11 is 1.80. The van der Waals surface area contributed by atoms with Crippen molar-refractivity contribution in [1.82, 2.24) is 29.5 Å². The van der Waals surface area contributed by atoms with Crippen LogP contribution in [0.3, 0.4) is 0 Å². The van der Waals surface area contributed by atoms with Gasteiger partial charge in [-0.2, -0.15) is 22.0 Å². The van der Waals surface area contributed by atoms with Crippen molar-refractivity contribution in [3.8, 4) is 5.69 Å². The van der Waals surface area contributed by atoms with Crippen LogP contribution in [0.5, 0.6) is 0 Å². The van der Waals surface area contributed by atoms with Crippen LogP contribution < -0.4 is 0 Å². The van der Waals surface area contributed by atoms with Gasteiger partial charge in [0.2, 0.25) is 0 Å². The van der Waals surface area contributed by atoms with Gasteiger partial charge in [0.1, 0.15) is 18.7 Å². The third-order valence-electron chi connectivity index (χ3n) is 3.76. The molecule has 6 nitrogen and oxygen atoms in total. The van der Waals surface area contributed by atoms with Gasteiger partial charge in [-0.05, 0) is 31.7 Å². The number of nitrogens with zero attached hydrogens (tertiary/aromatic N) is 6. The van der Waals surface area contributed by atoms with E-state index in [1.54, 1.807) is 29.1 Å². The molecule has 0 radical (unpaired) electrons. The smallest absolute Gasteiger partial charge is 0.157 e. The zero-order valence-corrected chi connectivity index (χ0v) is 14.4. The minimum atomic E-state index is -0.0346. The largest absolute Gasteiger partial charge is 0.243 e. The van der Waals surface area contributed by atoms with E-state index in [4.69, 9.17) is 10.1 Å². The van der Waals surface area contributed by atoms with Crippen LogP contribution in [-0.4, -0.2) is 41.5 Å². The SMILES string of the molecule is CSCCc1nc([C@H](C)n2cncn2)n(-c2ccccc2C)n1. The van der Waals surface area contributed by atoms with Crippen LogP contribution in [0.1, 0.15) is 30.2 Å². The summed E-state index contributed by atoms with van der Waals surface area (Å²) in [6, 6.07) is 8.18. The van der Waals surface area contributed by atoms with Gasteiger partial charge < -0.3 is 0 Å². The molecule has 7 heteroatoms. The summed E-state index contributed by atoms with van der Waals surface area (Å²) < 4.78 is 3.74. The van der Waals surface area contributed by atoms with Crippen LogP contribution >= 0.6 is 11.8 Å². The number of aromatic nitrogens is 6. The summed E-state index contributed by atoms with van der Waals surface area (Å²) in [5.74, 6) is 2.75. The molecule has 3 aromatic rings. The molecule has 2 heterocycles. The van der Waals surface area contributed by atoms with Gasteiger partial charge in [0.15, 0.2) is 11.6 Å². The van der Waals surface area contributed by atoms with Crippen molar-refractivity contribution in [3.63, 3.8) is 0 Å². The van der Waals surface area contributed by atoms with Crippen molar-refractivity contribution in [2.45, 2.75) is 26.3 Å². The standard InChI is InChI=1S/C16H20N6S/c1-12-6-4-5-7-14(12)22-16(13(2)21-11-17-10-18-21)19-15(20-22)8-9-23-3/h4-7,10-11,13H,8-9H2,1-3H3/t13-/m0/s1. The van der Waals surface area contributed by atoms with Crippen LogP contribution in [-0.2, 0) is 6.42 Å². The Kier molecular flexibility index (Phi) is 4.76. The van der Waals surface area contributed by atoms with Crippen molar-refractivity contribution < 1.29 is 0 Å². The first-order valence-electron chi connectivity index (χ1n) is 7.55. The molecule has 0 amide bonds. The lowest BCUT2D eigenvalue weighted by atomic mass is 10.2. The van der Waals surface area contributed by atoms with E-state index in [1.807, 2.05) is 16.8 Å². The van der Waals surface area contributed by atoms with Gasteiger partial charge in [-0.15, -0.1) is 0 Å². The fraction of sp³-hybridized carbons (Fsp3) is 0.375. The quantitative estimate of drug-likeness (QED) is 0.696. The van der Waals surface area contributed by atoms with Crippen LogP contribution in [0.2, 0.25) is 0 Å². The van der Waals surface area contributed by atoms with Crippen molar-refractivity contribution in [1.29, 1.82) is 0 Å². The van der Waals surface area contributed by atoms with Gasteiger partial charge in [0.25, 0.3) is 0 Å². The second-order valence-corrected chi connectivity index (χ2v) is 6.36. The summed E-state index contributed by atoms with van der Waals surface area (Å²) in [4.78, 5) is 8.81. The average molecular weight is 328 g/mol. The highest BCUT2D eigenvalue weighted by Gasteiger charge is 2.20. The molecule has 0 unspecified atom stereocenters. The van der Waals surface area contributed by atoms with Gasteiger partial charge in [-0.25, -0.2) is 19.3 Å². The number of para-hydroxylation sites is 1. The first-order chi connectivity index (χ1) is 11.2. The maximum atomic E-state index is 4.77. The Hall–Kier alpha value is -2.15. The molecule has 0 saturated carbocycles. The van der Waals surface area contributed by atoms with E-state index in [1.165, 1.54) is 5.56 Å².